The molecule has 0 bridgehead atoms. The molecule has 0 spiro atoms. The van der Waals surface area contributed by atoms with Gasteiger partial charge in [0.25, 0.3) is 0 Å². The van der Waals surface area contributed by atoms with E-state index in [2.05, 4.69) is 0 Å². The number of ketones is 1. The smallest absolute Gasteiger partial charge is 0.201 e. The Balaban J connectivity index is 2.11. The minimum absolute atomic E-state index is 0.0701. The van der Waals surface area contributed by atoms with Gasteiger partial charge in [-0.2, -0.15) is 0 Å². The lowest BCUT2D eigenvalue weighted by Crippen LogP contribution is -2.26. The first-order valence-electron chi connectivity index (χ1n) is 8.72. The van der Waals surface area contributed by atoms with Crippen LogP contribution in [0.3, 0.4) is 0 Å². The molecular formula is C21H22O7. The number of ether oxygens (including phenoxy) is 2. The Morgan fingerprint density at radius 3 is 2.54 bits per heavy atom. The predicted octanol–water partition coefficient (Wildman–Crippen LogP) is 3.39. The molecule has 0 saturated heterocycles. The molecule has 1 aliphatic rings. The number of fused-ring (bicyclic) bond motifs is 1. The van der Waals surface area contributed by atoms with Crippen LogP contribution in [-0.2, 0) is 6.42 Å². The maximum Gasteiger partial charge on any atom is 0.201 e. The quantitative estimate of drug-likeness (QED) is 0.470. The Bertz CT molecular complexity index is 971. The zero-order valence-electron chi connectivity index (χ0n) is 15.8. The molecule has 0 radical (unpaired) electrons. The number of phenols is 4. The normalized spacial score (nSPS) is 15.5. The highest BCUT2D eigenvalue weighted by atomic mass is 16.5. The van der Waals surface area contributed by atoms with Crippen LogP contribution in [0.1, 0.15) is 41.3 Å². The Hall–Kier alpha value is -3.35. The van der Waals surface area contributed by atoms with Crippen molar-refractivity contribution in [1.29, 1.82) is 0 Å². The Kier molecular flexibility index (Phi) is 5.09. The minimum atomic E-state index is -0.940. The number of carbonyl (C=O) groups excluding carboxylic acids is 1. The molecule has 7 nitrogen and oxygen atoms in total. The molecule has 1 aliphatic heterocycles. The van der Waals surface area contributed by atoms with E-state index in [1.54, 1.807) is 6.07 Å². The molecule has 2 aromatic rings. The third kappa shape index (κ3) is 3.31. The summed E-state index contributed by atoms with van der Waals surface area (Å²) in [5.74, 6) is -2.77. The summed E-state index contributed by atoms with van der Waals surface area (Å²) < 4.78 is 10.8. The van der Waals surface area contributed by atoms with E-state index in [4.69, 9.17) is 9.47 Å². The van der Waals surface area contributed by atoms with Gasteiger partial charge in [-0.1, -0.05) is 11.6 Å². The average Bonchev–Trinajstić information content (AvgIpc) is 2.62. The highest BCUT2D eigenvalue weighted by Crippen LogP contribution is 2.47. The van der Waals surface area contributed by atoms with Crippen molar-refractivity contribution < 1.29 is 34.7 Å². The van der Waals surface area contributed by atoms with Gasteiger partial charge in [0.1, 0.15) is 29.4 Å². The fourth-order valence-corrected chi connectivity index (χ4v) is 3.28. The first-order chi connectivity index (χ1) is 13.2. The minimum Gasteiger partial charge on any atom is -0.508 e. The van der Waals surface area contributed by atoms with E-state index < -0.39 is 28.9 Å². The summed E-state index contributed by atoms with van der Waals surface area (Å²) in [6.45, 7) is 3.75. The molecule has 2 aromatic carbocycles. The molecule has 1 unspecified atom stereocenters. The number of carbonyl (C=O) groups is 1. The summed E-state index contributed by atoms with van der Waals surface area (Å²) in [6, 6.07) is 3.89. The van der Waals surface area contributed by atoms with E-state index in [9.17, 15) is 25.2 Å². The van der Waals surface area contributed by atoms with Gasteiger partial charge in [0.2, 0.25) is 5.75 Å². The lowest BCUT2D eigenvalue weighted by atomic mass is 9.86. The van der Waals surface area contributed by atoms with E-state index in [1.807, 2.05) is 19.9 Å². The van der Waals surface area contributed by atoms with Crippen LogP contribution in [0.15, 0.2) is 29.8 Å². The van der Waals surface area contributed by atoms with Crippen LogP contribution in [0.2, 0.25) is 0 Å². The van der Waals surface area contributed by atoms with E-state index in [-0.39, 0.29) is 35.0 Å². The van der Waals surface area contributed by atoms with Gasteiger partial charge in [-0.15, -0.1) is 0 Å². The summed E-state index contributed by atoms with van der Waals surface area (Å²) in [4.78, 5) is 13.0. The lowest BCUT2D eigenvalue weighted by molar-refractivity contribution is 0.0889. The summed E-state index contributed by atoms with van der Waals surface area (Å²) >= 11 is 0. The number of hydrogen-bond donors (Lipinski definition) is 4. The van der Waals surface area contributed by atoms with Gasteiger partial charge >= 0.3 is 0 Å². The number of benzene rings is 2. The third-order valence-corrected chi connectivity index (χ3v) is 4.68. The van der Waals surface area contributed by atoms with Crippen molar-refractivity contribution in [2.75, 3.05) is 13.7 Å². The van der Waals surface area contributed by atoms with Crippen molar-refractivity contribution in [2.24, 2.45) is 0 Å². The first-order valence-corrected chi connectivity index (χ1v) is 8.72. The number of methoxy groups -OCH3 is 1. The number of allylic oxidation sites excluding steroid dienone is 2. The van der Waals surface area contributed by atoms with Gasteiger partial charge < -0.3 is 29.9 Å². The molecule has 4 N–H and O–H groups in total. The molecule has 0 fully saturated rings. The fourth-order valence-electron chi connectivity index (χ4n) is 3.28. The van der Waals surface area contributed by atoms with Crippen molar-refractivity contribution in [3.05, 3.63) is 46.5 Å². The Labute approximate surface area is 162 Å². The fraction of sp³-hybridized carbons (Fsp3) is 0.286. The van der Waals surface area contributed by atoms with Crippen LogP contribution in [0.25, 0.3) is 0 Å². The molecule has 1 heterocycles. The molecule has 7 heteroatoms. The zero-order valence-corrected chi connectivity index (χ0v) is 15.8. The Morgan fingerprint density at radius 1 is 1.18 bits per heavy atom. The summed E-state index contributed by atoms with van der Waals surface area (Å²) in [7, 11) is 1.38. The monoisotopic (exact) mass is 386 g/mol. The summed E-state index contributed by atoms with van der Waals surface area (Å²) in [5.41, 5.74) is 1.77. The number of hydrogen-bond acceptors (Lipinski definition) is 7. The molecule has 148 valence electrons. The van der Waals surface area contributed by atoms with E-state index in [0.29, 0.717) is 12.0 Å². The van der Waals surface area contributed by atoms with Crippen LogP contribution >= 0.6 is 0 Å². The van der Waals surface area contributed by atoms with Crippen LogP contribution in [0.4, 0.5) is 0 Å². The third-order valence-electron chi connectivity index (χ3n) is 4.68. The number of Topliss-reactive ketones (excluding diaryl/α,β-unsaturated/α-hetero) is 1. The SMILES string of the molecule is COc1c(CC=C(C)C)cc(C2COc3cc(O)cc(O)c3C2=O)c(O)c1O. The van der Waals surface area contributed by atoms with Crippen LogP contribution in [-0.4, -0.2) is 39.9 Å². The highest BCUT2D eigenvalue weighted by Gasteiger charge is 2.36. The first kappa shape index (κ1) is 19.4. The molecular weight excluding hydrogens is 364 g/mol. The lowest BCUT2D eigenvalue weighted by Gasteiger charge is -2.26. The van der Waals surface area contributed by atoms with Crippen molar-refractivity contribution in [3.63, 3.8) is 0 Å². The number of aromatic hydroxyl groups is 4. The molecule has 0 aliphatic carbocycles. The summed E-state index contributed by atoms with van der Waals surface area (Å²) in [5, 5.41) is 40.5. The van der Waals surface area contributed by atoms with Gasteiger partial charge in [0.05, 0.1) is 13.0 Å². The van der Waals surface area contributed by atoms with Crippen molar-refractivity contribution in [3.8, 4) is 34.5 Å². The summed E-state index contributed by atoms with van der Waals surface area (Å²) in [6.07, 6.45) is 2.37. The zero-order chi connectivity index (χ0) is 20.6. The van der Waals surface area contributed by atoms with Crippen LogP contribution < -0.4 is 9.47 Å². The second-order valence-corrected chi connectivity index (χ2v) is 6.91. The van der Waals surface area contributed by atoms with Gasteiger partial charge in [0.15, 0.2) is 17.3 Å². The predicted molar refractivity (Wildman–Crippen MR) is 102 cm³/mol. The molecule has 0 saturated carbocycles. The number of rotatable bonds is 4. The second-order valence-electron chi connectivity index (χ2n) is 6.91. The van der Waals surface area contributed by atoms with E-state index in [1.165, 1.54) is 13.2 Å². The largest absolute Gasteiger partial charge is 0.508 e. The van der Waals surface area contributed by atoms with Gasteiger partial charge in [-0.25, -0.2) is 0 Å². The van der Waals surface area contributed by atoms with Crippen molar-refractivity contribution >= 4 is 5.78 Å². The number of phenolic OH excluding ortho intramolecular Hbond substituents is 4. The van der Waals surface area contributed by atoms with Crippen LogP contribution in [0.5, 0.6) is 34.5 Å². The van der Waals surface area contributed by atoms with Crippen molar-refractivity contribution in [2.45, 2.75) is 26.2 Å². The van der Waals surface area contributed by atoms with Crippen molar-refractivity contribution in [1.82, 2.24) is 0 Å². The molecule has 1 atom stereocenters. The highest BCUT2D eigenvalue weighted by molar-refractivity contribution is 6.07. The molecule has 0 amide bonds. The van der Waals surface area contributed by atoms with Gasteiger partial charge in [-0.3, -0.25) is 4.79 Å². The van der Waals surface area contributed by atoms with E-state index >= 15 is 0 Å². The molecule has 28 heavy (non-hydrogen) atoms. The van der Waals surface area contributed by atoms with Gasteiger partial charge in [-0.05, 0) is 26.3 Å². The van der Waals surface area contributed by atoms with Crippen LogP contribution in [0, 0.1) is 0 Å². The Morgan fingerprint density at radius 2 is 1.89 bits per heavy atom. The molecule has 3 rings (SSSR count). The second kappa shape index (κ2) is 7.34. The van der Waals surface area contributed by atoms with E-state index in [0.717, 1.165) is 11.6 Å². The maximum absolute atomic E-state index is 13.0. The standard InChI is InChI=1S/C21H22O7/c1-10(2)4-5-11-6-13(19(25)20(26)21(11)27-3)14-9-28-16-8-12(22)7-15(23)17(16)18(14)24/h4,6-8,14,22-23,25-26H,5,9H2,1-3H3. The average molecular weight is 386 g/mol. The van der Waals surface area contributed by atoms with Gasteiger partial charge in [0, 0.05) is 23.3 Å². The maximum atomic E-state index is 13.0. The topological polar surface area (TPSA) is 116 Å². The molecule has 0 aromatic heterocycles.